The fraction of sp³-hybridized carbons (Fsp3) is 0.500. The fourth-order valence-corrected chi connectivity index (χ4v) is 3.31. The summed E-state index contributed by atoms with van der Waals surface area (Å²) in [5.41, 5.74) is 0.958. The van der Waals surface area contributed by atoms with Crippen LogP contribution in [0.1, 0.15) is 31.7 Å². The Morgan fingerprint density at radius 2 is 1.96 bits per heavy atom. The van der Waals surface area contributed by atoms with Crippen molar-refractivity contribution in [3.63, 3.8) is 0 Å². The molecule has 0 aromatic heterocycles. The van der Waals surface area contributed by atoms with Gasteiger partial charge in [0.2, 0.25) is 0 Å². The molecule has 1 saturated heterocycles. The van der Waals surface area contributed by atoms with Crippen LogP contribution in [0.3, 0.4) is 0 Å². The number of halogens is 1. The number of amides is 1. The molecule has 0 bridgehead atoms. The van der Waals surface area contributed by atoms with Crippen LogP contribution < -0.4 is 0 Å². The van der Waals surface area contributed by atoms with Crippen molar-refractivity contribution in [2.75, 3.05) is 13.2 Å². The Morgan fingerprint density at radius 3 is 2.56 bits per heavy atom. The van der Waals surface area contributed by atoms with Crippen molar-refractivity contribution < 1.29 is 24.2 Å². The molecule has 2 atom stereocenters. The molecule has 1 amide bonds. The molecule has 1 aliphatic heterocycles. The Bertz CT molecular complexity index is 631. The highest BCUT2D eigenvalue weighted by molar-refractivity contribution is 6.30. The van der Waals surface area contributed by atoms with Gasteiger partial charge >= 0.3 is 12.1 Å². The van der Waals surface area contributed by atoms with E-state index in [2.05, 4.69) is 0 Å². The predicted molar refractivity (Wildman–Crippen MR) is 92.7 cm³/mol. The van der Waals surface area contributed by atoms with E-state index >= 15 is 0 Å². The largest absolute Gasteiger partial charge is 0.466 e. The third-order valence-corrected chi connectivity index (χ3v) is 4.68. The van der Waals surface area contributed by atoms with E-state index in [9.17, 15) is 19.5 Å². The number of hydrogen-bond acceptors (Lipinski definition) is 4. The van der Waals surface area contributed by atoms with Crippen molar-refractivity contribution in [1.82, 2.24) is 4.90 Å². The number of rotatable bonds is 6. The molecule has 7 heteroatoms. The quantitative estimate of drug-likeness (QED) is 0.616. The molecule has 1 fully saturated rings. The molecule has 1 aromatic rings. The van der Waals surface area contributed by atoms with Crippen LogP contribution in [0.4, 0.5) is 4.79 Å². The van der Waals surface area contributed by atoms with Crippen molar-refractivity contribution in [2.24, 2.45) is 5.92 Å². The molecule has 0 aliphatic carbocycles. The van der Waals surface area contributed by atoms with Gasteiger partial charge in [0.05, 0.1) is 6.61 Å². The third-order valence-electron chi connectivity index (χ3n) is 4.43. The Morgan fingerprint density at radius 1 is 1.28 bits per heavy atom. The molecular weight excluding hydrogens is 346 g/mol. The van der Waals surface area contributed by atoms with Crippen LogP contribution in [0.5, 0.6) is 0 Å². The van der Waals surface area contributed by atoms with E-state index < -0.39 is 12.1 Å². The molecule has 1 aliphatic rings. The van der Waals surface area contributed by atoms with Crippen molar-refractivity contribution in [3.05, 3.63) is 34.9 Å². The predicted octanol–water partition coefficient (Wildman–Crippen LogP) is 3.16. The minimum absolute atomic E-state index is 0.176. The molecule has 1 N–H and O–H groups in total. The summed E-state index contributed by atoms with van der Waals surface area (Å²) < 4.78 is 4.82. The Labute approximate surface area is 151 Å². The lowest BCUT2D eigenvalue weighted by Crippen LogP contribution is -2.48. The van der Waals surface area contributed by atoms with E-state index in [1.165, 1.54) is 4.90 Å². The Kier molecular flexibility index (Phi) is 6.82. The van der Waals surface area contributed by atoms with E-state index in [1.807, 2.05) is 12.1 Å². The molecule has 0 unspecified atom stereocenters. The van der Waals surface area contributed by atoms with Crippen LogP contribution in [0.25, 0.3) is 0 Å². The van der Waals surface area contributed by atoms with Crippen molar-refractivity contribution >= 4 is 29.4 Å². The zero-order chi connectivity index (χ0) is 18.4. The summed E-state index contributed by atoms with van der Waals surface area (Å²) in [6.45, 7) is 2.21. The lowest BCUT2D eigenvalue weighted by molar-refractivity contribution is -0.146. The first-order valence-electron chi connectivity index (χ1n) is 8.33. The smallest absolute Gasteiger partial charge is 0.407 e. The van der Waals surface area contributed by atoms with E-state index in [0.717, 1.165) is 5.56 Å². The van der Waals surface area contributed by atoms with Gasteiger partial charge in [0.15, 0.2) is 0 Å². The summed E-state index contributed by atoms with van der Waals surface area (Å²) >= 11 is 5.88. The Balaban J connectivity index is 2.05. The standard InChI is InChI=1S/C18H22ClNO5/c1-2-25-17(22)11-16(21)13-7-8-20(18(23)24)15(10-13)9-12-3-5-14(19)6-4-12/h3-6,13,15H,2,7-11H2,1H3,(H,23,24)/t13-,15-/m0/s1. The first kappa shape index (κ1) is 19.2. The minimum atomic E-state index is -0.991. The summed E-state index contributed by atoms with van der Waals surface area (Å²) in [6.07, 6.45) is 0.107. The zero-order valence-corrected chi connectivity index (χ0v) is 14.9. The summed E-state index contributed by atoms with van der Waals surface area (Å²) in [5, 5.41) is 10.0. The van der Waals surface area contributed by atoms with Crippen molar-refractivity contribution in [2.45, 2.75) is 38.6 Å². The van der Waals surface area contributed by atoms with Gasteiger partial charge in [-0.05, 0) is 43.9 Å². The van der Waals surface area contributed by atoms with Crippen LogP contribution in [0.2, 0.25) is 5.02 Å². The topological polar surface area (TPSA) is 83.9 Å². The van der Waals surface area contributed by atoms with Crippen LogP contribution in [-0.2, 0) is 20.7 Å². The Hall–Kier alpha value is -2.08. The number of carbonyl (C=O) groups is 3. The second kappa shape index (κ2) is 8.85. The second-order valence-electron chi connectivity index (χ2n) is 6.13. The summed E-state index contributed by atoms with van der Waals surface area (Å²) in [6, 6.07) is 6.92. The SMILES string of the molecule is CCOC(=O)CC(=O)[C@H]1CCN(C(=O)O)[C@@H](Cc2ccc(Cl)cc2)C1. The number of ketones is 1. The number of benzene rings is 1. The van der Waals surface area contributed by atoms with Crippen LogP contribution in [0, 0.1) is 5.92 Å². The van der Waals surface area contributed by atoms with Gasteiger partial charge in [0.25, 0.3) is 0 Å². The highest BCUT2D eigenvalue weighted by Gasteiger charge is 2.35. The monoisotopic (exact) mass is 367 g/mol. The molecule has 25 heavy (non-hydrogen) atoms. The van der Waals surface area contributed by atoms with E-state index in [0.29, 0.717) is 24.3 Å². The van der Waals surface area contributed by atoms with Crippen LogP contribution in [0.15, 0.2) is 24.3 Å². The molecule has 1 aromatic carbocycles. The fourth-order valence-electron chi connectivity index (χ4n) is 3.18. The highest BCUT2D eigenvalue weighted by Crippen LogP contribution is 2.27. The van der Waals surface area contributed by atoms with Gasteiger partial charge in [-0.25, -0.2) is 4.79 Å². The van der Waals surface area contributed by atoms with Gasteiger partial charge in [-0.15, -0.1) is 0 Å². The molecule has 136 valence electrons. The van der Waals surface area contributed by atoms with E-state index in [1.54, 1.807) is 19.1 Å². The molecule has 6 nitrogen and oxygen atoms in total. The van der Waals surface area contributed by atoms with Gasteiger partial charge < -0.3 is 14.7 Å². The molecule has 0 radical (unpaired) electrons. The van der Waals surface area contributed by atoms with Gasteiger partial charge in [-0.1, -0.05) is 23.7 Å². The number of carboxylic acid groups (broad SMARTS) is 1. The zero-order valence-electron chi connectivity index (χ0n) is 14.1. The lowest BCUT2D eigenvalue weighted by Gasteiger charge is -2.37. The van der Waals surface area contributed by atoms with Crippen LogP contribution in [-0.4, -0.2) is 47.0 Å². The summed E-state index contributed by atoms with van der Waals surface area (Å²) in [7, 11) is 0. The van der Waals surface area contributed by atoms with Gasteiger partial charge in [-0.2, -0.15) is 0 Å². The van der Waals surface area contributed by atoms with Gasteiger partial charge in [0.1, 0.15) is 12.2 Å². The number of likely N-dealkylation sites (tertiary alicyclic amines) is 1. The summed E-state index contributed by atoms with van der Waals surface area (Å²) in [4.78, 5) is 36.7. The lowest BCUT2D eigenvalue weighted by atomic mass is 9.84. The molecule has 2 rings (SSSR count). The maximum absolute atomic E-state index is 12.3. The van der Waals surface area contributed by atoms with Crippen molar-refractivity contribution in [3.8, 4) is 0 Å². The number of ether oxygens (including phenoxy) is 1. The first-order chi connectivity index (χ1) is 11.9. The molecular formula is C18H22ClNO5. The number of piperidine rings is 1. The van der Waals surface area contributed by atoms with E-state index in [-0.39, 0.29) is 37.3 Å². The van der Waals surface area contributed by atoms with Crippen LogP contribution >= 0.6 is 11.6 Å². The highest BCUT2D eigenvalue weighted by atomic mass is 35.5. The summed E-state index contributed by atoms with van der Waals surface area (Å²) in [5.74, 6) is -1.02. The number of esters is 1. The first-order valence-corrected chi connectivity index (χ1v) is 8.70. The third kappa shape index (κ3) is 5.46. The van der Waals surface area contributed by atoms with Gasteiger partial charge in [-0.3, -0.25) is 9.59 Å². The average Bonchev–Trinajstić information content (AvgIpc) is 2.56. The molecule has 0 saturated carbocycles. The number of Topliss-reactive ketones (excluding diaryl/α,β-unsaturated/α-hetero) is 1. The molecule has 0 spiro atoms. The number of nitrogens with zero attached hydrogens (tertiary/aromatic N) is 1. The van der Waals surface area contributed by atoms with E-state index in [4.69, 9.17) is 16.3 Å². The maximum atomic E-state index is 12.3. The number of carbonyl (C=O) groups excluding carboxylic acids is 2. The minimum Gasteiger partial charge on any atom is -0.466 e. The molecule has 1 heterocycles. The van der Waals surface area contributed by atoms with Gasteiger partial charge in [0, 0.05) is 23.5 Å². The second-order valence-corrected chi connectivity index (χ2v) is 6.57. The number of hydrogen-bond donors (Lipinski definition) is 1. The van der Waals surface area contributed by atoms with Crippen molar-refractivity contribution in [1.29, 1.82) is 0 Å². The maximum Gasteiger partial charge on any atom is 0.407 e. The average molecular weight is 368 g/mol. The normalized spacial score (nSPS) is 20.2.